The first kappa shape index (κ1) is 16.5. The van der Waals surface area contributed by atoms with Crippen LogP contribution in [0.2, 0.25) is 0 Å². The largest absolute Gasteiger partial charge is 0.355 e. The molecule has 0 saturated heterocycles. The van der Waals surface area contributed by atoms with Gasteiger partial charge in [0.1, 0.15) is 5.25 Å². The van der Waals surface area contributed by atoms with Gasteiger partial charge in [0, 0.05) is 17.3 Å². The van der Waals surface area contributed by atoms with Crippen LogP contribution >= 0.6 is 0 Å². The van der Waals surface area contributed by atoms with Crippen molar-refractivity contribution in [2.75, 3.05) is 6.54 Å². The van der Waals surface area contributed by atoms with Gasteiger partial charge >= 0.3 is 0 Å². The first-order valence-corrected chi connectivity index (χ1v) is 9.95. The lowest BCUT2D eigenvalue weighted by molar-refractivity contribution is -0.120. The molecule has 1 aromatic rings. The van der Waals surface area contributed by atoms with Crippen LogP contribution in [-0.2, 0) is 21.3 Å². The van der Waals surface area contributed by atoms with Crippen molar-refractivity contribution in [2.45, 2.75) is 68.9 Å². The molecule has 2 aliphatic rings. The van der Waals surface area contributed by atoms with Gasteiger partial charge in [0.05, 0.1) is 11.8 Å². The van der Waals surface area contributed by atoms with E-state index in [4.69, 9.17) is 0 Å². The average Bonchev–Trinajstić information content (AvgIpc) is 3.32. The van der Waals surface area contributed by atoms with Gasteiger partial charge < -0.3 is 5.32 Å². The highest BCUT2D eigenvalue weighted by Crippen LogP contribution is 2.34. The number of hydrogen-bond acceptors (Lipinski definition) is 5. The van der Waals surface area contributed by atoms with Gasteiger partial charge in [-0.3, -0.25) is 9.00 Å². The van der Waals surface area contributed by atoms with Crippen molar-refractivity contribution in [3.63, 3.8) is 0 Å². The number of nitrogens with zero attached hydrogens (tertiary/aromatic N) is 4. The molecule has 0 aromatic carbocycles. The van der Waals surface area contributed by atoms with Crippen LogP contribution in [0.15, 0.2) is 0 Å². The Hall–Kier alpha value is -1.31. The predicted octanol–water partition coefficient (Wildman–Crippen LogP) is 1.34. The van der Waals surface area contributed by atoms with E-state index in [0.29, 0.717) is 24.3 Å². The van der Waals surface area contributed by atoms with E-state index in [2.05, 4.69) is 20.8 Å². The molecule has 1 N–H and O–H groups in total. The van der Waals surface area contributed by atoms with Crippen LogP contribution in [0.3, 0.4) is 0 Å². The number of carbonyl (C=O) groups excluding carboxylic acids is 1. The first-order chi connectivity index (χ1) is 11.1. The van der Waals surface area contributed by atoms with Crippen molar-refractivity contribution in [3.05, 3.63) is 5.82 Å². The van der Waals surface area contributed by atoms with Gasteiger partial charge in [-0.05, 0) is 49.0 Å². The topological polar surface area (TPSA) is 89.8 Å². The lowest BCUT2D eigenvalue weighted by atomic mass is 9.89. The van der Waals surface area contributed by atoms with Crippen molar-refractivity contribution < 1.29 is 9.00 Å². The SMILES string of the molecule is CC(C(=O)NCC1CCCCC1)S(=O)Cc1nnnn1C1CC1. The quantitative estimate of drug-likeness (QED) is 0.810. The van der Waals surface area contributed by atoms with E-state index in [1.807, 2.05) is 0 Å². The lowest BCUT2D eigenvalue weighted by Crippen LogP contribution is -2.39. The molecule has 3 rings (SSSR count). The fraction of sp³-hybridized carbons (Fsp3) is 0.867. The summed E-state index contributed by atoms with van der Waals surface area (Å²) in [4.78, 5) is 12.2. The van der Waals surface area contributed by atoms with Gasteiger partial charge in [0.25, 0.3) is 0 Å². The highest BCUT2D eigenvalue weighted by atomic mass is 32.2. The molecule has 0 radical (unpaired) electrons. The van der Waals surface area contributed by atoms with E-state index in [1.54, 1.807) is 11.6 Å². The van der Waals surface area contributed by atoms with Gasteiger partial charge in [-0.25, -0.2) is 4.68 Å². The van der Waals surface area contributed by atoms with E-state index < -0.39 is 16.0 Å². The van der Waals surface area contributed by atoms with Gasteiger partial charge in [-0.15, -0.1) is 5.10 Å². The van der Waals surface area contributed by atoms with E-state index in [1.165, 1.54) is 32.1 Å². The normalized spacial score (nSPS) is 21.8. The number of amides is 1. The Morgan fingerprint density at radius 3 is 2.74 bits per heavy atom. The second-order valence-electron chi connectivity index (χ2n) is 6.69. The number of aromatic nitrogens is 4. The molecule has 1 amide bonds. The molecule has 8 heteroatoms. The van der Waals surface area contributed by atoms with Crippen LogP contribution in [0.25, 0.3) is 0 Å². The molecule has 2 atom stereocenters. The summed E-state index contributed by atoms with van der Waals surface area (Å²) in [5.74, 6) is 1.31. The molecular weight excluding hydrogens is 314 g/mol. The Balaban J connectivity index is 1.47. The number of carbonyl (C=O) groups is 1. The van der Waals surface area contributed by atoms with E-state index in [-0.39, 0.29) is 11.7 Å². The second-order valence-corrected chi connectivity index (χ2v) is 8.44. The summed E-state index contributed by atoms with van der Waals surface area (Å²) in [6.07, 6.45) is 8.34. The summed E-state index contributed by atoms with van der Waals surface area (Å²) in [6.45, 7) is 2.43. The van der Waals surface area contributed by atoms with Crippen molar-refractivity contribution >= 4 is 16.7 Å². The number of rotatable bonds is 7. The van der Waals surface area contributed by atoms with Crippen LogP contribution in [0, 0.1) is 5.92 Å². The minimum atomic E-state index is -1.31. The minimum Gasteiger partial charge on any atom is -0.355 e. The van der Waals surface area contributed by atoms with Gasteiger partial charge in [0.2, 0.25) is 5.91 Å². The van der Waals surface area contributed by atoms with Crippen molar-refractivity contribution in [3.8, 4) is 0 Å². The molecule has 0 spiro atoms. The van der Waals surface area contributed by atoms with Crippen LogP contribution in [-0.4, -0.2) is 42.1 Å². The second kappa shape index (κ2) is 7.51. The van der Waals surface area contributed by atoms with Crippen LogP contribution in [0.4, 0.5) is 0 Å². The maximum Gasteiger partial charge on any atom is 0.235 e. The van der Waals surface area contributed by atoms with Crippen LogP contribution < -0.4 is 5.32 Å². The molecule has 1 heterocycles. The molecule has 0 aliphatic heterocycles. The highest BCUT2D eigenvalue weighted by Gasteiger charge is 2.29. The molecule has 2 aliphatic carbocycles. The predicted molar refractivity (Wildman–Crippen MR) is 87.0 cm³/mol. The van der Waals surface area contributed by atoms with Crippen LogP contribution in [0.5, 0.6) is 0 Å². The Morgan fingerprint density at radius 2 is 2.04 bits per heavy atom. The molecular formula is C15H25N5O2S. The van der Waals surface area contributed by atoms with Crippen LogP contribution in [0.1, 0.15) is 63.7 Å². The van der Waals surface area contributed by atoms with Gasteiger partial charge in [0.15, 0.2) is 5.82 Å². The smallest absolute Gasteiger partial charge is 0.235 e. The van der Waals surface area contributed by atoms with Crippen molar-refractivity contribution in [2.24, 2.45) is 5.92 Å². The summed E-state index contributed by atoms with van der Waals surface area (Å²) in [5.41, 5.74) is 0. The molecule has 1 aromatic heterocycles. The fourth-order valence-corrected chi connectivity index (χ4v) is 4.08. The minimum absolute atomic E-state index is 0.126. The third kappa shape index (κ3) is 4.37. The maximum absolute atomic E-state index is 12.4. The zero-order valence-electron chi connectivity index (χ0n) is 13.6. The Bertz CT molecular complexity index is 566. The van der Waals surface area contributed by atoms with Gasteiger partial charge in [-0.2, -0.15) is 0 Å². The zero-order valence-corrected chi connectivity index (χ0v) is 14.4. The van der Waals surface area contributed by atoms with E-state index in [9.17, 15) is 9.00 Å². The van der Waals surface area contributed by atoms with E-state index >= 15 is 0 Å². The molecule has 7 nitrogen and oxygen atoms in total. The Labute approximate surface area is 139 Å². The Kier molecular flexibility index (Phi) is 5.40. The zero-order chi connectivity index (χ0) is 16.2. The van der Waals surface area contributed by atoms with E-state index in [0.717, 1.165) is 12.8 Å². The number of nitrogens with one attached hydrogen (secondary N) is 1. The highest BCUT2D eigenvalue weighted by molar-refractivity contribution is 7.85. The average molecular weight is 339 g/mol. The standard InChI is InChI=1S/C15H25N5O2S/c1-11(15(21)16-9-12-5-3-2-4-6-12)23(22)10-14-17-18-19-20(14)13-7-8-13/h11-13H,2-10H2,1H3,(H,16,21). The molecule has 0 bridgehead atoms. The number of hydrogen-bond donors (Lipinski definition) is 1. The fourth-order valence-electron chi connectivity index (χ4n) is 3.06. The van der Waals surface area contributed by atoms with Crippen molar-refractivity contribution in [1.82, 2.24) is 25.5 Å². The summed E-state index contributed by atoms with van der Waals surface area (Å²) >= 11 is 0. The monoisotopic (exact) mass is 339 g/mol. The molecule has 128 valence electrons. The molecule has 23 heavy (non-hydrogen) atoms. The molecule has 2 unspecified atom stereocenters. The Morgan fingerprint density at radius 1 is 1.30 bits per heavy atom. The van der Waals surface area contributed by atoms with Crippen molar-refractivity contribution in [1.29, 1.82) is 0 Å². The summed E-state index contributed by atoms with van der Waals surface area (Å²) in [5, 5.41) is 14.0. The maximum atomic E-state index is 12.4. The lowest BCUT2D eigenvalue weighted by Gasteiger charge is -2.22. The third-order valence-electron chi connectivity index (χ3n) is 4.78. The van der Waals surface area contributed by atoms with Gasteiger partial charge in [-0.1, -0.05) is 19.3 Å². The third-order valence-corrected chi connectivity index (χ3v) is 6.32. The summed E-state index contributed by atoms with van der Waals surface area (Å²) in [7, 11) is -1.31. The molecule has 2 fully saturated rings. The molecule has 2 saturated carbocycles. The number of tetrazole rings is 1. The first-order valence-electron chi connectivity index (χ1n) is 8.56. The summed E-state index contributed by atoms with van der Waals surface area (Å²) < 4.78 is 14.2. The summed E-state index contributed by atoms with van der Waals surface area (Å²) in [6, 6.07) is 0.354.